The molecule has 0 radical (unpaired) electrons. The van der Waals surface area contributed by atoms with Gasteiger partial charge in [0.1, 0.15) is 5.82 Å². The van der Waals surface area contributed by atoms with Crippen LogP contribution < -0.4 is 5.32 Å². The summed E-state index contributed by atoms with van der Waals surface area (Å²) in [5.41, 5.74) is 6.28. The van der Waals surface area contributed by atoms with Crippen LogP contribution >= 0.6 is 0 Å². The van der Waals surface area contributed by atoms with E-state index < -0.39 is 0 Å². The van der Waals surface area contributed by atoms with Crippen LogP contribution in [0.5, 0.6) is 0 Å². The number of nitrogens with one attached hydrogen (secondary N) is 1. The predicted molar refractivity (Wildman–Crippen MR) is 106 cm³/mol. The van der Waals surface area contributed by atoms with Crippen LogP contribution in [0.1, 0.15) is 29.8 Å². The van der Waals surface area contributed by atoms with Gasteiger partial charge in [-0.3, -0.25) is 0 Å². The molecular formula is C22H22N4. The van der Waals surface area contributed by atoms with E-state index in [-0.39, 0.29) is 6.04 Å². The van der Waals surface area contributed by atoms with E-state index in [0.29, 0.717) is 0 Å². The van der Waals surface area contributed by atoms with Crippen molar-refractivity contribution < 1.29 is 0 Å². The van der Waals surface area contributed by atoms with Crippen LogP contribution in [-0.2, 0) is 0 Å². The molecule has 4 nitrogen and oxygen atoms in total. The number of fused-ring (bicyclic) bond motifs is 1. The molecular weight excluding hydrogens is 320 g/mol. The third-order valence-corrected chi connectivity index (χ3v) is 4.66. The Labute approximate surface area is 153 Å². The molecule has 2 aromatic heterocycles. The van der Waals surface area contributed by atoms with Crippen molar-refractivity contribution in [3.05, 3.63) is 83.6 Å². The zero-order valence-electron chi connectivity index (χ0n) is 15.3. The minimum Gasteiger partial charge on any atom is -0.363 e. The highest BCUT2D eigenvalue weighted by Gasteiger charge is 2.16. The highest BCUT2D eigenvalue weighted by molar-refractivity contribution is 5.71. The van der Waals surface area contributed by atoms with Gasteiger partial charge < -0.3 is 5.32 Å². The Morgan fingerprint density at radius 1 is 0.923 bits per heavy atom. The summed E-state index contributed by atoms with van der Waals surface area (Å²) in [6.07, 6.45) is 0. The molecule has 4 aromatic rings. The lowest BCUT2D eigenvalue weighted by atomic mass is 10.1. The van der Waals surface area contributed by atoms with E-state index in [1.54, 1.807) is 0 Å². The number of rotatable bonds is 4. The van der Waals surface area contributed by atoms with E-state index in [4.69, 9.17) is 10.1 Å². The third kappa shape index (κ3) is 2.94. The van der Waals surface area contributed by atoms with Gasteiger partial charge in [0.05, 0.1) is 5.69 Å². The van der Waals surface area contributed by atoms with Gasteiger partial charge in [-0.1, -0.05) is 60.7 Å². The lowest BCUT2D eigenvalue weighted by Gasteiger charge is -2.16. The Kier molecular flexibility index (Phi) is 4.17. The normalized spacial score (nSPS) is 12.3. The van der Waals surface area contributed by atoms with Crippen molar-refractivity contribution in [1.29, 1.82) is 0 Å². The second-order valence-corrected chi connectivity index (χ2v) is 6.63. The Morgan fingerprint density at radius 2 is 1.58 bits per heavy atom. The zero-order valence-corrected chi connectivity index (χ0v) is 15.3. The molecule has 0 aliphatic carbocycles. The molecule has 4 heteroatoms. The summed E-state index contributed by atoms with van der Waals surface area (Å²) in [4.78, 5) is 4.72. The molecule has 4 rings (SSSR count). The Balaban J connectivity index is 1.80. The van der Waals surface area contributed by atoms with E-state index >= 15 is 0 Å². The molecule has 26 heavy (non-hydrogen) atoms. The standard InChI is InChI=1S/C22H22N4/c1-15-14-20(24-17(3)18-10-6-4-7-11-18)26-22(23-15)16(2)21(25-26)19-12-8-5-9-13-19/h4-14,17,24H,1-3H3/t17-/m0/s1. The molecule has 0 fully saturated rings. The van der Waals surface area contributed by atoms with Crippen LogP contribution in [0.25, 0.3) is 16.9 Å². The molecule has 0 saturated carbocycles. The summed E-state index contributed by atoms with van der Waals surface area (Å²) < 4.78 is 1.92. The van der Waals surface area contributed by atoms with Crippen molar-refractivity contribution in [2.75, 3.05) is 5.32 Å². The molecule has 2 aromatic carbocycles. The van der Waals surface area contributed by atoms with E-state index in [2.05, 4.69) is 55.6 Å². The quantitative estimate of drug-likeness (QED) is 0.555. The molecule has 0 amide bonds. The van der Waals surface area contributed by atoms with Crippen molar-refractivity contribution in [1.82, 2.24) is 14.6 Å². The molecule has 130 valence electrons. The maximum atomic E-state index is 4.86. The van der Waals surface area contributed by atoms with Crippen molar-refractivity contribution in [3.63, 3.8) is 0 Å². The fraction of sp³-hybridized carbons (Fsp3) is 0.182. The third-order valence-electron chi connectivity index (χ3n) is 4.66. The minimum absolute atomic E-state index is 0.172. The number of aromatic nitrogens is 3. The van der Waals surface area contributed by atoms with Gasteiger partial charge in [0, 0.05) is 28.9 Å². The number of hydrogen-bond donors (Lipinski definition) is 1. The van der Waals surface area contributed by atoms with Gasteiger partial charge >= 0.3 is 0 Å². The summed E-state index contributed by atoms with van der Waals surface area (Å²) in [7, 11) is 0. The lowest BCUT2D eigenvalue weighted by molar-refractivity contribution is 0.839. The Hall–Kier alpha value is -3.14. The van der Waals surface area contributed by atoms with E-state index in [9.17, 15) is 0 Å². The van der Waals surface area contributed by atoms with Gasteiger partial charge in [0.2, 0.25) is 0 Å². The molecule has 2 heterocycles. The summed E-state index contributed by atoms with van der Waals surface area (Å²) in [5.74, 6) is 0.953. The van der Waals surface area contributed by atoms with Crippen LogP contribution in [0, 0.1) is 13.8 Å². The second kappa shape index (κ2) is 6.64. The number of nitrogens with zero attached hydrogens (tertiary/aromatic N) is 3. The molecule has 0 aliphatic heterocycles. The van der Waals surface area contributed by atoms with Crippen molar-refractivity contribution in [2.45, 2.75) is 26.8 Å². The van der Waals surface area contributed by atoms with Crippen LogP contribution in [-0.4, -0.2) is 14.6 Å². The van der Waals surface area contributed by atoms with Gasteiger partial charge in [-0.25, -0.2) is 4.98 Å². The molecule has 0 saturated heterocycles. The maximum absolute atomic E-state index is 4.86. The number of aryl methyl sites for hydroxylation is 2. The van der Waals surface area contributed by atoms with E-state index in [0.717, 1.165) is 34.0 Å². The first-order valence-corrected chi connectivity index (χ1v) is 8.87. The monoisotopic (exact) mass is 342 g/mol. The van der Waals surface area contributed by atoms with Crippen molar-refractivity contribution in [2.24, 2.45) is 0 Å². The first-order chi connectivity index (χ1) is 12.6. The first-order valence-electron chi connectivity index (χ1n) is 8.87. The van der Waals surface area contributed by atoms with Gasteiger partial charge in [-0.15, -0.1) is 0 Å². The SMILES string of the molecule is Cc1cc(N[C@@H](C)c2ccccc2)n2nc(-c3ccccc3)c(C)c2n1. The number of benzene rings is 2. The van der Waals surface area contributed by atoms with Crippen LogP contribution in [0.4, 0.5) is 5.82 Å². The summed E-state index contributed by atoms with van der Waals surface area (Å²) in [6, 6.07) is 22.9. The van der Waals surface area contributed by atoms with Gasteiger partial charge in [-0.2, -0.15) is 9.61 Å². The van der Waals surface area contributed by atoms with Crippen LogP contribution in [0.2, 0.25) is 0 Å². The molecule has 1 atom stereocenters. The Morgan fingerprint density at radius 3 is 2.27 bits per heavy atom. The summed E-state index contributed by atoms with van der Waals surface area (Å²) in [6.45, 7) is 6.26. The largest absolute Gasteiger partial charge is 0.363 e. The highest BCUT2D eigenvalue weighted by Crippen LogP contribution is 2.28. The van der Waals surface area contributed by atoms with Gasteiger partial charge in [-0.05, 0) is 26.3 Å². The molecule has 1 N–H and O–H groups in total. The zero-order chi connectivity index (χ0) is 18.1. The van der Waals surface area contributed by atoms with Crippen LogP contribution in [0.15, 0.2) is 66.7 Å². The van der Waals surface area contributed by atoms with Crippen molar-refractivity contribution >= 4 is 11.5 Å². The number of hydrogen-bond acceptors (Lipinski definition) is 3. The first kappa shape index (κ1) is 16.3. The van der Waals surface area contributed by atoms with Gasteiger partial charge in [0.25, 0.3) is 0 Å². The maximum Gasteiger partial charge on any atom is 0.161 e. The highest BCUT2D eigenvalue weighted by atomic mass is 15.3. The fourth-order valence-electron chi connectivity index (χ4n) is 3.26. The molecule has 0 unspecified atom stereocenters. The lowest BCUT2D eigenvalue weighted by Crippen LogP contribution is -2.11. The van der Waals surface area contributed by atoms with E-state index in [1.807, 2.05) is 41.8 Å². The average Bonchev–Trinajstić information content (AvgIpc) is 3.00. The summed E-state index contributed by atoms with van der Waals surface area (Å²) in [5, 5.41) is 8.46. The molecule has 0 aliphatic rings. The summed E-state index contributed by atoms with van der Waals surface area (Å²) >= 11 is 0. The average molecular weight is 342 g/mol. The molecule has 0 spiro atoms. The molecule has 0 bridgehead atoms. The van der Waals surface area contributed by atoms with Crippen LogP contribution in [0.3, 0.4) is 0 Å². The number of anilines is 1. The van der Waals surface area contributed by atoms with Gasteiger partial charge in [0.15, 0.2) is 5.65 Å². The fourth-order valence-corrected chi connectivity index (χ4v) is 3.26. The van der Waals surface area contributed by atoms with E-state index in [1.165, 1.54) is 5.56 Å². The topological polar surface area (TPSA) is 42.2 Å². The Bertz CT molecular complexity index is 1040. The predicted octanol–water partition coefficient (Wildman–Crippen LogP) is 5.19. The smallest absolute Gasteiger partial charge is 0.161 e. The minimum atomic E-state index is 0.172. The van der Waals surface area contributed by atoms with Crippen molar-refractivity contribution in [3.8, 4) is 11.3 Å². The second-order valence-electron chi connectivity index (χ2n) is 6.63.